The van der Waals surface area contributed by atoms with Gasteiger partial charge in [-0.15, -0.1) is 0 Å². The minimum absolute atomic E-state index is 0.000427. The smallest absolute Gasteiger partial charge is 0.322 e. The van der Waals surface area contributed by atoms with E-state index in [1.54, 1.807) is 0 Å². The van der Waals surface area contributed by atoms with E-state index in [9.17, 15) is 4.79 Å². The number of piperidine rings is 1. The van der Waals surface area contributed by atoms with Crippen LogP contribution in [0.5, 0.6) is 0 Å². The molecule has 5 rings (SSSR count). The Morgan fingerprint density at radius 2 is 1.88 bits per heavy atom. The van der Waals surface area contributed by atoms with Crippen molar-refractivity contribution in [3.8, 4) is 17.2 Å². The van der Waals surface area contributed by atoms with Crippen LogP contribution >= 0.6 is 0 Å². The summed E-state index contributed by atoms with van der Waals surface area (Å²) in [4.78, 5) is 17.4. The molecule has 166 valence electrons. The van der Waals surface area contributed by atoms with Crippen LogP contribution in [0.3, 0.4) is 0 Å². The van der Waals surface area contributed by atoms with Crippen molar-refractivity contribution in [2.45, 2.75) is 31.8 Å². The molecule has 0 aliphatic carbocycles. The molecule has 1 atom stereocenters. The Balaban J connectivity index is 1.22. The van der Waals surface area contributed by atoms with Gasteiger partial charge in [0.1, 0.15) is 0 Å². The third-order valence-electron chi connectivity index (χ3n) is 6.62. The Morgan fingerprint density at radius 1 is 1.00 bits per heavy atom. The lowest BCUT2D eigenvalue weighted by atomic mass is 10.0. The van der Waals surface area contributed by atoms with Gasteiger partial charge >= 0.3 is 6.03 Å². The highest BCUT2D eigenvalue weighted by atomic mass is 16.2. The van der Waals surface area contributed by atoms with Crippen LogP contribution in [0.25, 0.3) is 11.1 Å². The van der Waals surface area contributed by atoms with E-state index in [4.69, 9.17) is 5.26 Å². The molecule has 3 aromatic carbocycles. The molecular weight excluding hydrogens is 408 g/mol. The Morgan fingerprint density at radius 3 is 2.73 bits per heavy atom. The van der Waals surface area contributed by atoms with Gasteiger partial charge in [0.25, 0.3) is 0 Å². The topological polar surface area (TPSA) is 59.4 Å². The Hall–Kier alpha value is -3.62. The van der Waals surface area contributed by atoms with Crippen molar-refractivity contribution >= 4 is 11.7 Å². The molecule has 2 amide bonds. The number of nitrogens with one attached hydrogen (secondary N) is 1. The molecule has 2 aliphatic rings. The van der Waals surface area contributed by atoms with Crippen LogP contribution in [0.1, 0.15) is 29.5 Å². The van der Waals surface area contributed by atoms with Gasteiger partial charge in [0.2, 0.25) is 0 Å². The fourth-order valence-electron chi connectivity index (χ4n) is 4.99. The molecule has 1 unspecified atom stereocenters. The van der Waals surface area contributed by atoms with Gasteiger partial charge in [0, 0.05) is 31.4 Å². The van der Waals surface area contributed by atoms with Crippen molar-refractivity contribution < 1.29 is 4.79 Å². The monoisotopic (exact) mass is 436 g/mol. The number of amides is 2. The van der Waals surface area contributed by atoms with Crippen LogP contribution in [0.4, 0.5) is 10.5 Å². The molecule has 0 aromatic heterocycles. The number of anilines is 1. The van der Waals surface area contributed by atoms with Crippen molar-refractivity contribution in [3.63, 3.8) is 0 Å². The second kappa shape index (κ2) is 9.48. The van der Waals surface area contributed by atoms with E-state index in [-0.39, 0.29) is 12.1 Å². The zero-order valence-electron chi connectivity index (χ0n) is 18.7. The molecule has 1 saturated heterocycles. The maximum absolute atomic E-state index is 13.1. The van der Waals surface area contributed by atoms with E-state index in [2.05, 4.69) is 64.8 Å². The first kappa shape index (κ1) is 21.2. The van der Waals surface area contributed by atoms with E-state index < -0.39 is 0 Å². The number of hydrogen-bond donors (Lipinski definition) is 1. The standard InChI is InChI=1S/C28H28N4O/c29-18-21-6-4-7-22(16-21)19-31-14-5-10-26(20-31)30-28(33)32-15-13-25-17-24(11-12-27(25)32)23-8-2-1-3-9-23/h1-4,6-9,11-12,16-17,26H,5,10,13-15,19-20H2,(H,30,33). The van der Waals surface area contributed by atoms with Crippen LogP contribution in [-0.4, -0.2) is 36.6 Å². The van der Waals surface area contributed by atoms with Crippen molar-refractivity contribution in [3.05, 3.63) is 89.5 Å². The van der Waals surface area contributed by atoms with Gasteiger partial charge in [0.15, 0.2) is 0 Å². The molecule has 1 fully saturated rings. The van der Waals surface area contributed by atoms with Gasteiger partial charge in [-0.3, -0.25) is 9.80 Å². The summed E-state index contributed by atoms with van der Waals surface area (Å²) >= 11 is 0. The van der Waals surface area contributed by atoms with E-state index in [1.807, 2.05) is 29.2 Å². The number of carbonyl (C=O) groups excluding carboxylic acids is 1. The summed E-state index contributed by atoms with van der Waals surface area (Å²) in [5, 5.41) is 12.4. The SMILES string of the molecule is N#Cc1cccc(CN2CCCC(NC(=O)N3CCc4cc(-c5ccccc5)ccc43)C2)c1. The predicted octanol–water partition coefficient (Wildman–Crippen LogP) is 4.96. The van der Waals surface area contributed by atoms with Gasteiger partial charge in [-0.25, -0.2) is 4.79 Å². The van der Waals surface area contributed by atoms with E-state index in [1.165, 1.54) is 16.7 Å². The van der Waals surface area contributed by atoms with Crippen LogP contribution in [0.15, 0.2) is 72.8 Å². The number of nitrogens with zero attached hydrogens (tertiary/aromatic N) is 3. The summed E-state index contributed by atoms with van der Waals surface area (Å²) in [6.07, 6.45) is 2.93. The molecule has 1 N–H and O–H groups in total. The zero-order valence-corrected chi connectivity index (χ0v) is 18.7. The summed E-state index contributed by atoms with van der Waals surface area (Å²) in [5.74, 6) is 0. The van der Waals surface area contributed by atoms with Crippen molar-refractivity contribution in [2.24, 2.45) is 0 Å². The molecular formula is C28H28N4O. The lowest BCUT2D eigenvalue weighted by Crippen LogP contribution is -2.51. The summed E-state index contributed by atoms with van der Waals surface area (Å²) in [7, 11) is 0. The molecule has 2 heterocycles. The Labute approximate surface area is 195 Å². The number of benzene rings is 3. The Kier molecular flexibility index (Phi) is 6.10. The molecule has 33 heavy (non-hydrogen) atoms. The summed E-state index contributed by atoms with van der Waals surface area (Å²) < 4.78 is 0. The Bertz CT molecular complexity index is 1180. The minimum Gasteiger partial charge on any atom is -0.334 e. The van der Waals surface area contributed by atoms with E-state index >= 15 is 0 Å². The lowest BCUT2D eigenvalue weighted by molar-refractivity contribution is 0.182. The number of carbonyl (C=O) groups is 1. The fraction of sp³-hybridized carbons (Fsp3) is 0.286. The minimum atomic E-state index is -0.000427. The average molecular weight is 437 g/mol. The second-order valence-corrected chi connectivity index (χ2v) is 8.95. The molecule has 0 radical (unpaired) electrons. The fourth-order valence-corrected chi connectivity index (χ4v) is 4.99. The van der Waals surface area contributed by atoms with Gasteiger partial charge in [0.05, 0.1) is 11.6 Å². The third kappa shape index (κ3) is 4.76. The predicted molar refractivity (Wildman–Crippen MR) is 131 cm³/mol. The van der Waals surface area contributed by atoms with Gasteiger partial charge in [-0.05, 0) is 72.3 Å². The number of rotatable bonds is 4. The van der Waals surface area contributed by atoms with E-state index in [0.717, 1.165) is 56.7 Å². The molecule has 0 bridgehead atoms. The summed E-state index contributed by atoms with van der Waals surface area (Å²) in [6, 6.07) is 26.9. The maximum atomic E-state index is 13.1. The molecule has 0 spiro atoms. The maximum Gasteiger partial charge on any atom is 0.322 e. The average Bonchev–Trinajstić information content (AvgIpc) is 3.28. The van der Waals surface area contributed by atoms with Crippen LogP contribution in [0, 0.1) is 11.3 Å². The summed E-state index contributed by atoms with van der Waals surface area (Å²) in [6.45, 7) is 3.36. The second-order valence-electron chi connectivity index (χ2n) is 8.95. The normalized spacial score (nSPS) is 17.9. The number of fused-ring (bicyclic) bond motifs is 1. The molecule has 2 aliphatic heterocycles. The zero-order chi connectivity index (χ0) is 22.6. The first-order chi connectivity index (χ1) is 16.2. The van der Waals surface area contributed by atoms with Crippen molar-refractivity contribution in [1.82, 2.24) is 10.2 Å². The number of nitriles is 1. The van der Waals surface area contributed by atoms with Crippen molar-refractivity contribution in [1.29, 1.82) is 5.26 Å². The van der Waals surface area contributed by atoms with E-state index in [0.29, 0.717) is 5.56 Å². The molecule has 0 saturated carbocycles. The lowest BCUT2D eigenvalue weighted by Gasteiger charge is -2.34. The van der Waals surface area contributed by atoms with Crippen LogP contribution in [-0.2, 0) is 13.0 Å². The summed E-state index contributed by atoms with van der Waals surface area (Å²) in [5.41, 5.74) is 6.48. The first-order valence-electron chi connectivity index (χ1n) is 11.7. The number of hydrogen-bond acceptors (Lipinski definition) is 3. The van der Waals surface area contributed by atoms with Crippen LogP contribution in [0.2, 0.25) is 0 Å². The quantitative estimate of drug-likeness (QED) is 0.629. The van der Waals surface area contributed by atoms with Gasteiger partial charge in [-0.1, -0.05) is 48.5 Å². The number of likely N-dealkylation sites (tertiary alicyclic amines) is 1. The highest BCUT2D eigenvalue weighted by Crippen LogP contribution is 2.32. The largest absolute Gasteiger partial charge is 0.334 e. The molecule has 5 heteroatoms. The highest BCUT2D eigenvalue weighted by Gasteiger charge is 2.28. The van der Waals surface area contributed by atoms with Gasteiger partial charge < -0.3 is 5.32 Å². The number of urea groups is 1. The third-order valence-corrected chi connectivity index (χ3v) is 6.62. The molecule has 5 nitrogen and oxygen atoms in total. The molecule has 3 aromatic rings. The highest BCUT2D eigenvalue weighted by molar-refractivity contribution is 5.95. The van der Waals surface area contributed by atoms with Crippen molar-refractivity contribution in [2.75, 3.05) is 24.5 Å². The first-order valence-corrected chi connectivity index (χ1v) is 11.7. The van der Waals surface area contributed by atoms with Gasteiger partial charge in [-0.2, -0.15) is 5.26 Å². The van der Waals surface area contributed by atoms with Crippen LogP contribution < -0.4 is 10.2 Å².